The van der Waals surface area contributed by atoms with Crippen molar-refractivity contribution in [1.82, 2.24) is 9.80 Å². The molecule has 1 aromatic heterocycles. The fourth-order valence-electron chi connectivity index (χ4n) is 2.22. The Bertz CT molecular complexity index is 448. The van der Waals surface area contributed by atoms with Gasteiger partial charge < -0.3 is 20.0 Å². The standard InChI is InChI=1S/C14H21N3O3/c1-11(15)4-5-13(18)16-6-8-17(9-7-16)14(19)12-3-2-10-20-12/h2-3,10-11H,4-9,15H2,1H3. The summed E-state index contributed by atoms with van der Waals surface area (Å²) >= 11 is 0. The molecule has 0 radical (unpaired) electrons. The van der Waals surface area contributed by atoms with Crippen molar-refractivity contribution in [3.8, 4) is 0 Å². The summed E-state index contributed by atoms with van der Waals surface area (Å²) in [5.74, 6) is 0.354. The average molecular weight is 279 g/mol. The lowest BCUT2D eigenvalue weighted by atomic mass is 10.1. The van der Waals surface area contributed by atoms with Crippen LogP contribution in [0.1, 0.15) is 30.3 Å². The number of hydrogen-bond acceptors (Lipinski definition) is 4. The van der Waals surface area contributed by atoms with E-state index in [9.17, 15) is 9.59 Å². The topological polar surface area (TPSA) is 79.8 Å². The maximum atomic E-state index is 12.1. The molecule has 1 fully saturated rings. The van der Waals surface area contributed by atoms with Crippen LogP contribution in [-0.2, 0) is 4.79 Å². The lowest BCUT2D eigenvalue weighted by Gasteiger charge is -2.34. The van der Waals surface area contributed by atoms with Crippen LogP contribution < -0.4 is 5.73 Å². The molecular weight excluding hydrogens is 258 g/mol. The number of carbonyl (C=O) groups is 2. The second-order valence-corrected chi connectivity index (χ2v) is 5.17. The molecule has 1 atom stereocenters. The van der Waals surface area contributed by atoms with Gasteiger partial charge in [0.1, 0.15) is 0 Å². The van der Waals surface area contributed by atoms with Crippen LogP contribution in [0.5, 0.6) is 0 Å². The molecule has 1 aliphatic heterocycles. The molecule has 0 bridgehead atoms. The fourth-order valence-corrected chi connectivity index (χ4v) is 2.22. The van der Waals surface area contributed by atoms with E-state index in [-0.39, 0.29) is 17.9 Å². The molecule has 110 valence electrons. The van der Waals surface area contributed by atoms with E-state index in [1.54, 1.807) is 21.9 Å². The third-order valence-electron chi connectivity index (χ3n) is 3.47. The Morgan fingerprint density at radius 1 is 1.30 bits per heavy atom. The zero-order valence-electron chi connectivity index (χ0n) is 11.7. The minimum atomic E-state index is -0.113. The third-order valence-corrected chi connectivity index (χ3v) is 3.47. The minimum absolute atomic E-state index is 0.0424. The van der Waals surface area contributed by atoms with Crippen LogP contribution in [-0.4, -0.2) is 53.8 Å². The van der Waals surface area contributed by atoms with Crippen molar-refractivity contribution in [3.63, 3.8) is 0 Å². The molecular formula is C14H21N3O3. The first-order valence-electron chi connectivity index (χ1n) is 6.94. The first kappa shape index (κ1) is 14.6. The number of nitrogens with two attached hydrogens (primary N) is 1. The van der Waals surface area contributed by atoms with Gasteiger partial charge in [0.2, 0.25) is 5.91 Å². The number of rotatable bonds is 4. The van der Waals surface area contributed by atoms with E-state index < -0.39 is 0 Å². The SMILES string of the molecule is CC(N)CCC(=O)N1CCN(C(=O)c2ccco2)CC1. The van der Waals surface area contributed by atoms with Crippen molar-refractivity contribution >= 4 is 11.8 Å². The average Bonchev–Trinajstić information content (AvgIpc) is 2.98. The molecule has 1 aromatic rings. The minimum Gasteiger partial charge on any atom is -0.459 e. The van der Waals surface area contributed by atoms with Crippen LogP contribution in [0.3, 0.4) is 0 Å². The van der Waals surface area contributed by atoms with Gasteiger partial charge in [0, 0.05) is 38.6 Å². The van der Waals surface area contributed by atoms with E-state index in [0.29, 0.717) is 44.8 Å². The Kier molecular flexibility index (Phi) is 4.79. The molecule has 1 unspecified atom stereocenters. The van der Waals surface area contributed by atoms with Crippen molar-refractivity contribution in [1.29, 1.82) is 0 Å². The quantitative estimate of drug-likeness (QED) is 0.879. The summed E-state index contributed by atoms with van der Waals surface area (Å²) in [7, 11) is 0. The number of hydrogen-bond donors (Lipinski definition) is 1. The van der Waals surface area contributed by atoms with Gasteiger partial charge >= 0.3 is 0 Å². The third kappa shape index (κ3) is 3.60. The van der Waals surface area contributed by atoms with Crippen LogP contribution in [0.25, 0.3) is 0 Å². The van der Waals surface area contributed by atoms with Gasteiger partial charge in [0.05, 0.1) is 6.26 Å². The van der Waals surface area contributed by atoms with Crippen molar-refractivity contribution in [2.24, 2.45) is 5.73 Å². The van der Waals surface area contributed by atoms with Gasteiger partial charge in [-0.25, -0.2) is 0 Å². The molecule has 6 nitrogen and oxygen atoms in total. The molecule has 0 saturated carbocycles. The van der Waals surface area contributed by atoms with E-state index in [1.807, 2.05) is 6.92 Å². The summed E-state index contributed by atoms with van der Waals surface area (Å²) in [6.07, 6.45) is 2.66. The summed E-state index contributed by atoms with van der Waals surface area (Å²) < 4.78 is 5.10. The highest BCUT2D eigenvalue weighted by Crippen LogP contribution is 2.10. The maximum Gasteiger partial charge on any atom is 0.289 e. The summed E-state index contributed by atoms with van der Waals surface area (Å²) in [6.45, 7) is 4.13. The Balaban J connectivity index is 1.80. The molecule has 2 rings (SSSR count). The van der Waals surface area contributed by atoms with E-state index in [4.69, 9.17) is 10.2 Å². The molecule has 2 heterocycles. The van der Waals surface area contributed by atoms with E-state index in [1.165, 1.54) is 6.26 Å². The van der Waals surface area contributed by atoms with E-state index >= 15 is 0 Å². The molecule has 1 aliphatic rings. The van der Waals surface area contributed by atoms with Gasteiger partial charge in [-0.3, -0.25) is 9.59 Å². The van der Waals surface area contributed by atoms with Gasteiger partial charge in [-0.1, -0.05) is 0 Å². The largest absolute Gasteiger partial charge is 0.459 e. The lowest BCUT2D eigenvalue weighted by Crippen LogP contribution is -2.50. The Hall–Kier alpha value is -1.82. The van der Waals surface area contributed by atoms with Crippen LogP contribution in [0.4, 0.5) is 0 Å². The number of furan rings is 1. The van der Waals surface area contributed by atoms with Gasteiger partial charge in [0.25, 0.3) is 5.91 Å². The number of nitrogens with zero attached hydrogens (tertiary/aromatic N) is 2. The second kappa shape index (κ2) is 6.56. The summed E-state index contributed by atoms with van der Waals surface area (Å²) in [5, 5.41) is 0. The molecule has 2 amide bonds. The van der Waals surface area contributed by atoms with Crippen LogP contribution in [0, 0.1) is 0 Å². The predicted molar refractivity (Wildman–Crippen MR) is 74.1 cm³/mol. The highest BCUT2D eigenvalue weighted by molar-refractivity contribution is 5.91. The first-order chi connectivity index (χ1) is 9.58. The summed E-state index contributed by atoms with van der Waals surface area (Å²) in [5.41, 5.74) is 5.65. The zero-order valence-corrected chi connectivity index (χ0v) is 11.7. The Labute approximate surface area is 118 Å². The number of piperazine rings is 1. The maximum absolute atomic E-state index is 12.1. The van der Waals surface area contributed by atoms with Gasteiger partial charge in [-0.15, -0.1) is 0 Å². The van der Waals surface area contributed by atoms with Crippen molar-refractivity contribution < 1.29 is 14.0 Å². The lowest BCUT2D eigenvalue weighted by molar-refractivity contribution is -0.132. The number of amides is 2. The molecule has 1 saturated heterocycles. The van der Waals surface area contributed by atoms with Crippen molar-refractivity contribution in [2.45, 2.75) is 25.8 Å². The van der Waals surface area contributed by atoms with Crippen LogP contribution in [0.15, 0.2) is 22.8 Å². The monoisotopic (exact) mass is 279 g/mol. The molecule has 0 aromatic carbocycles. The molecule has 6 heteroatoms. The van der Waals surface area contributed by atoms with Gasteiger partial charge in [-0.05, 0) is 25.5 Å². The zero-order chi connectivity index (χ0) is 14.5. The number of carbonyl (C=O) groups excluding carboxylic acids is 2. The first-order valence-corrected chi connectivity index (χ1v) is 6.94. The van der Waals surface area contributed by atoms with Crippen LogP contribution >= 0.6 is 0 Å². The molecule has 0 aliphatic carbocycles. The highest BCUT2D eigenvalue weighted by atomic mass is 16.3. The Morgan fingerprint density at radius 2 is 1.95 bits per heavy atom. The highest BCUT2D eigenvalue weighted by Gasteiger charge is 2.25. The van der Waals surface area contributed by atoms with Gasteiger partial charge in [-0.2, -0.15) is 0 Å². The molecule has 2 N–H and O–H groups in total. The summed E-state index contributed by atoms with van der Waals surface area (Å²) in [4.78, 5) is 27.5. The van der Waals surface area contributed by atoms with Crippen molar-refractivity contribution in [3.05, 3.63) is 24.2 Å². The Morgan fingerprint density at radius 3 is 2.50 bits per heavy atom. The molecule has 20 heavy (non-hydrogen) atoms. The van der Waals surface area contributed by atoms with Crippen LogP contribution in [0.2, 0.25) is 0 Å². The fraction of sp³-hybridized carbons (Fsp3) is 0.571. The predicted octanol–water partition coefficient (Wildman–Crippen LogP) is 0.691. The van der Waals surface area contributed by atoms with E-state index in [2.05, 4.69) is 0 Å². The summed E-state index contributed by atoms with van der Waals surface area (Å²) in [6, 6.07) is 3.39. The van der Waals surface area contributed by atoms with Gasteiger partial charge in [0.15, 0.2) is 5.76 Å². The van der Waals surface area contributed by atoms with E-state index in [0.717, 1.165) is 0 Å². The normalized spacial score (nSPS) is 17.1. The smallest absolute Gasteiger partial charge is 0.289 e. The molecule has 0 spiro atoms. The second-order valence-electron chi connectivity index (χ2n) is 5.17. The van der Waals surface area contributed by atoms with Crippen molar-refractivity contribution in [2.75, 3.05) is 26.2 Å².